The predicted octanol–water partition coefficient (Wildman–Crippen LogP) is 7.44. The minimum absolute atomic E-state index is 0.170. The van der Waals surface area contributed by atoms with E-state index in [-0.39, 0.29) is 24.5 Å². The molecule has 0 aliphatic carbocycles. The van der Waals surface area contributed by atoms with Crippen LogP contribution in [0.25, 0.3) is 0 Å². The van der Waals surface area contributed by atoms with E-state index in [2.05, 4.69) is 50.6 Å². The van der Waals surface area contributed by atoms with E-state index >= 15 is 0 Å². The standard InChI is InChI=1S/C33H49N3O2/c1-7-11-21-28(17-9-3)31-24-30(34-32(31)33(37)38-25-27-18-13-12-14-19-27)23-29(35-36(5)6)22-15-20-26(10-4)16-8-2/h7,10,12-15,18-19,22-23,26,28,31-32,34H,1,4,8-9,11,16-17,20-21,24-25H2,2-3,5-6H3/b22-15+,30-23+,35-29-/t26-,28?,31?,32?/m0/s1. The van der Waals surface area contributed by atoms with Gasteiger partial charge < -0.3 is 15.1 Å². The quantitative estimate of drug-likeness (QED) is 0.101. The first kappa shape index (κ1) is 31.1. The van der Waals surface area contributed by atoms with Gasteiger partial charge in [-0.2, -0.15) is 5.10 Å². The highest BCUT2D eigenvalue weighted by Gasteiger charge is 2.40. The number of nitrogens with zero attached hydrogens (tertiary/aromatic N) is 2. The lowest BCUT2D eigenvalue weighted by Crippen LogP contribution is -2.39. The van der Waals surface area contributed by atoms with E-state index in [1.807, 2.05) is 61.6 Å². The Morgan fingerprint density at radius 2 is 1.89 bits per heavy atom. The van der Waals surface area contributed by atoms with Crippen molar-refractivity contribution in [3.8, 4) is 0 Å². The van der Waals surface area contributed by atoms with E-state index in [0.717, 1.165) is 68.3 Å². The lowest BCUT2D eigenvalue weighted by Gasteiger charge is -2.26. The first-order valence-electron chi connectivity index (χ1n) is 14.2. The predicted molar refractivity (Wildman–Crippen MR) is 161 cm³/mol. The van der Waals surface area contributed by atoms with Crippen LogP contribution in [0.5, 0.6) is 0 Å². The van der Waals surface area contributed by atoms with Crippen molar-refractivity contribution in [1.82, 2.24) is 10.3 Å². The third-order valence-corrected chi connectivity index (χ3v) is 7.07. The van der Waals surface area contributed by atoms with E-state index in [4.69, 9.17) is 9.84 Å². The summed E-state index contributed by atoms with van der Waals surface area (Å²) < 4.78 is 5.81. The molecule has 1 aliphatic rings. The molecule has 5 heteroatoms. The van der Waals surface area contributed by atoms with Crippen LogP contribution in [0.4, 0.5) is 0 Å². The third-order valence-electron chi connectivity index (χ3n) is 7.07. The van der Waals surface area contributed by atoms with Crippen LogP contribution < -0.4 is 5.32 Å². The molecular weight excluding hydrogens is 470 g/mol. The van der Waals surface area contributed by atoms with Crippen LogP contribution >= 0.6 is 0 Å². The Balaban J connectivity index is 2.27. The molecule has 0 spiro atoms. The van der Waals surface area contributed by atoms with Gasteiger partial charge in [-0.15, -0.1) is 13.2 Å². The second-order valence-electron chi connectivity index (χ2n) is 10.5. The maximum atomic E-state index is 13.4. The van der Waals surface area contributed by atoms with Crippen molar-refractivity contribution in [2.24, 2.45) is 22.9 Å². The lowest BCUT2D eigenvalue weighted by atomic mass is 9.80. The number of nitrogens with one attached hydrogen (secondary N) is 1. The van der Waals surface area contributed by atoms with Crippen molar-refractivity contribution in [3.63, 3.8) is 0 Å². The van der Waals surface area contributed by atoms with Crippen molar-refractivity contribution in [2.75, 3.05) is 14.1 Å². The molecule has 0 amide bonds. The van der Waals surface area contributed by atoms with Crippen LogP contribution in [0.2, 0.25) is 0 Å². The van der Waals surface area contributed by atoms with Crippen LogP contribution in [-0.2, 0) is 16.1 Å². The molecule has 0 bridgehead atoms. The Morgan fingerprint density at radius 3 is 2.53 bits per heavy atom. The number of ether oxygens (including phenoxy) is 1. The van der Waals surface area contributed by atoms with Gasteiger partial charge in [-0.25, -0.2) is 4.79 Å². The van der Waals surface area contributed by atoms with Gasteiger partial charge in [0.15, 0.2) is 0 Å². The van der Waals surface area contributed by atoms with Gasteiger partial charge in [0.1, 0.15) is 12.6 Å². The number of esters is 1. The average molecular weight is 520 g/mol. The highest BCUT2D eigenvalue weighted by Crippen LogP contribution is 2.36. The lowest BCUT2D eigenvalue weighted by molar-refractivity contribution is -0.148. The highest BCUT2D eigenvalue weighted by molar-refractivity contribution is 6.04. The van der Waals surface area contributed by atoms with Crippen LogP contribution in [0.1, 0.15) is 70.8 Å². The molecule has 208 valence electrons. The fraction of sp³-hybridized carbons (Fsp3) is 0.515. The molecule has 1 saturated heterocycles. The van der Waals surface area contributed by atoms with Crippen molar-refractivity contribution in [3.05, 3.63) is 85.1 Å². The minimum Gasteiger partial charge on any atom is -0.459 e. The molecule has 1 aliphatic heterocycles. The van der Waals surface area contributed by atoms with Crippen LogP contribution in [0, 0.1) is 17.8 Å². The SMILES string of the molecule is C=CCCC(CCC)C1C\C(=C/C(/C=C/C[C@@H](C=C)CCC)=N\N(C)C)NC1C(=O)OCc1ccccc1. The number of hydrogen-bond donors (Lipinski definition) is 1. The molecule has 4 atom stereocenters. The van der Waals surface area contributed by atoms with Crippen molar-refractivity contribution in [2.45, 2.75) is 77.9 Å². The first-order chi connectivity index (χ1) is 18.4. The maximum absolute atomic E-state index is 13.4. The van der Waals surface area contributed by atoms with E-state index in [1.54, 1.807) is 0 Å². The van der Waals surface area contributed by atoms with E-state index in [1.165, 1.54) is 0 Å². The summed E-state index contributed by atoms with van der Waals surface area (Å²) in [5.41, 5.74) is 2.90. The van der Waals surface area contributed by atoms with Gasteiger partial charge in [0, 0.05) is 19.8 Å². The Bertz CT molecular complexity index is 948. The van der Waals surface area contributed by atoms with Crippen LogP contribution in [-0.4, -0.2) is 36.8 Å². The summed E-state index contributed by atoms with van der Waals surface area (Å²) in [5, 5.41) is 10.1. The Labute approximate surface area is 231 Å². The summed E-state index contributed by atoms with van der Waals surface area (Å²) in [6.45, 7) is 12.6. The topological polar surface area (TPSA) is 53.9 Å². The maximum Gasteiger partial charge on any atom is 0.329 e. The van der Waals surface area contributed by atoms with Crippen LogP contribution in [0.15, 0.2) is 84.7 Å². The molecule has 1 aromatic rings. The normalized spacial score (nSPS) is 20.2. The zero-order chi connectivity index (χ0) is 27.8. The Kier molecular flexibility index (Phi) is 14.3. The van der Waals surface area contributed by atoms with E-state index in [9.17, 15) is 4.79 Å². The molecule has 1 fully saturated rings. The molecule has 0 aromatic heterocycles. The molecule has 1 N–H and O–H groups in total. The second kappa shape index (κ2) is 17.4. The fourth-order valence-electron chi connectivity index (χ4n) is 5.19. The summed E-state index contributed by atoms with van der Waals surface area (Å²) in [5.74, 6) is 0.875. The summed E-state index contributed by atoms with van der Waals surface area (Å²) in [4.78, 5) is 13.4. The van der Waals surface area contributed by atoms with Crippen molar-refractivity contribution < 1.29 is 9.53 Å². The average Bonchev–Trinajstić information content (AvgIpc) is 3.33. The summed E-state index contributed by atoms with van der Waals surface area (Å²) in [6.07, 6.45) is 18.5. The van der Waals surface area contributed by atoms with Gasteiger partial charge in [-0.05, 0) is 67.6 Å². The molecule has 2 rings (SSSR count). The van der Waals surface area contributed by atoms with Crippen molar-refractivity contribution >= 4 is 11.7 Å². The molecule has 1 aromatic carbocycles. The van der Waals surface area contributed by atoms with Gasteiger partial charge in [-0.1, -0.05) is 81.7 Å². The zero-order valence-electron chi connectivity index (χ0n) is 24.1. The largest absolute Gasteiger partial charge is 0.459 e. The summed E-state index contributed by atoms with van der Waals surface area (Å²) in [7, 11) is 3.86. The number of hydrogen-bond acceptors (Lipinski definition) is 5. The first-order valence-corrected chi connectivity index (χ1v) is 14.2. The number of allylic oxidation sites excluding steroid dienone is 6. The Morgan fingerprint density at radius 1 is 1.16 bits per heavy atom. The van der Waals surface area contributed by atoms with Crippen molar-refractivity contribution in [1.29, 1.82) is 0 Å². The summed E-state index contributed by atoms with van der Waals surface area (Å²) >= 11 is 0. The zero-order valence-corrected chi connectivity index (χ0v) is 24.1. The van der Waals surface area contributed by atoms with Gasteiger partial charge in [0.2, 0.25) is 0 Å². The minimum atomic E-state index is -0.370. The van der Waals surface area contributed by atoms with Gasteiger partial charge >= 0.3 is 5.97 Å². The molecule has 1 heterocycles. The van der Waals surface area contributed by atoms with Crippen LogP contribution in [0.3, 0.4) is 0 Å². The summed E-state index contributed by atoms with van der Waals surface area (Å²) in [6, 6.07) is 9.49. The highest BCUT2D eigenvalue weighted by atomic mass is 16.5. The van der Waals surface area contributed by atoms with Gasteiger partial charge in [-0.3, -0.25) is 0 Å². The number of carbonyl (C=O) groups excluding carboxylic acids is 1. The number of carbonyl (C=O) groups is 1. The number of rotatable bonds is 17. The Hall–Kier alpha value is -3.08. The number of hydrazone groups is 1. The smallest absolute Gasteiger partial charge is 0.329 e. The molecular formula is C33H49N3O2. The monoisotopic (exact) mass is 519 g/mol. The van der Waals surface area contributed by atoms with Gasteiger partial charge in [0.05, 0.1) is 5.71 Å². The van der Waals surface area contributed by atoms with Gasteiger partial charge in [0.25, 0.3) is 0 Å². The van der Waals surface area contributed by atoms with E-state index < -0.39 is 0 Å². The molecule has 0 radical (unpaired) electrons. The number of benzene rings is 1. The molecule has 5 nitrogen and oxygen atoms in total. The van der Waals surface area contributed by atoms with E-state index in [0.29, 0.717) is 11.8 Å². The third kappa shape index (κ3) is 10.7. The fourth-order valence-corrected chi connectivity index (χ4v) is 5.19. The second-order valence-corrected chi connectivity index (χ2v) is 10.5. The molecule has 0 saturated carbocycles. The molecule has 38 heavy (non-hydrogen) atoms. The molecule has 3 unspecified atom stereocenters.